The van der Waals surface area contributed by atoms with Gasteiger partial charge in [-0.3, -0.25) is 0 Å². The van der Waals surface area contributed by atoms with Crippen molar-refractivity contribution in [2.24, 2.45) is 0 Å². The third-order valence-electron chi connectivity index (χ3n) is 0. The quantitative estimate of drug-likeness (QED) is 0.402. The molecular formula is CHfLi2O3. The molecule has 0 amide bonds. The van der Waals surface area contributed by atoms with Gasteiger partial charge in [0.05, 0.1) is 0 Å². The molecule has 0 spiro atoms. The van der Waals surface area contributed by atoms with Crippen molar-refractivity contribution in [1.82, 2.24) is 0 Å². The normalized spacial score (nSPS) is 3.43. The molecule has 0 saturated carbocycles. The summed E-state index contributed by atoms with van der Waals surface area (Å²) in [5, 5.41) is 16.7. The minimum absolute atomic E-state index is 0. The fourth-order valence-corrected chi connectivity index (χ4v) is 0. The van der Waals surface area contributed by atoms with Crippen molar-refractivity contribution in [3.05, 3.63) is 0 Å². The Labute approximate surface area is 84.0 Å². The predicted octanol–water partition coefficient (Wildman–Crippen LogP) is -8.44. The summed E-state index contributed by atoms with van der Waals surface area (Å²) in [7, 11) is 0. The van der Waals surface area contributed by atoms with E-state index in [1.165, 1.54) is 0 Å². The van der Waals surface area contributed by atoms with E-state index in [1.807, 2.05) is 0 Å². The molecule has 0 aliphatic heterocycles. The second-order valence-electron chi connectivity index (χ2n) is 0.250. The van der Waals surface area contributed by atoms with Crippen molar-refractivity contribution in [3.8, 4) is 0 Å². The second-order valence-corrected chi connectivity index (χ2v) is 0.250. The molecule has 28 valence electrons. The summed E-state index contributed by atoms with van der Waals surface area (Å²) in [6.45, 7) is 0. The van der Waals surface area contributed by atoms with Crippen LogP contribution in [-0.2, 0) is 25.8 Å². The van der Waals surface area contributed by atoms with Gasteiger partial charge in [-0.15, -0.1) is 0 Å². The van der Waals surface area contributed by atoms with Crippen LogP contribution < -0.4 is 47.9 Å². The van der Waals surface area contributed by atoms with Gasteiger partial charge in [-0.25, -0.2) is 0 Å². The largest absolute Gasteiger partial charge is 1.00 e. The smallest absolute Gasteiger partial charge is 0.652 e. The molecule has 0 N–H and O–H groups in total. The Morgan fingerprint density at radius 2 is 1.14 bits per heavy atom. The Kier molecular flexibility index (Phi) is 53.4. The van der Waals surface area contributed by atoms with Crippen LogP contribution >= 0.6 is 0 Å². The van der Waals surface area contributed by atoms with Crippen LogP contribution in [0, 0.1) is 0 Å². The first kappa shape index (κ1) is 23.9. The van der Waals surface area contributed by atoms with E-state index in [0.29, 0.717) is 0 Å². The molecule has 7 heavy (non-hydrogen) atoms. The Morgan fingerprint density at radius 1 is 1.14 bits per heavy atom. The first-order valence-electron chi connectivity index (χ1n) is 0.612. The minimum Gasteiger partial charge on any atom is -0.652 e. The maximum absolute atomic E-state index is 8.33. The first-order chi connectivity index (χ1) is 1.73. The molecule has 0 aliphatic rings. The number of carbonyl (C=O) groups is 1. The molecule has 0 rings (SSSR count). The van der Waals surface area contributed by atoms with E-state index in [2.05, 4.69) is 0 Å². The van der Waals surface area contributed by atoms with Crippen molar-refractivity contribution < 1.29 is 78.6 Å². The van der Waals surface area contributed by atoms with Gasteiger partial charge in [-0.2, -0.15) is 0 Å². The van der Waals surface area contributed by atoms with E-state index in [4.69, 9.17) is 15.0 Å². The molecule has 0 aromatic carbocycles. The zero-order valence-electron chi connectivity index (χ0n) is 4.22. The summed E-state index contributed by atoms with van der Waals surface area (Å²) in [5.74, 6) is 0. The third-order valence-corrected chi connectivity index (χ3v) is 0. The van der Waals surface area contributed by atoms with Crippen molar-refractivity contribution in [3.63, 3.8) is 0 Å². The van der Waals surface area contributed by atoms with Gasteiger partial charge in [-0.05, 0) is 6.16 Å². The molecule has 0 aliphatic carbocycles. The van der Waals surface area contributed by atoms with Crippen molar-refractivity contribution in [2.45, 2.75) is 0 Å². The molecule has 0 radical (unpaired) electrons. The van der Waals surface area contributed by atoms with Gasteiger partial charge in [0.2, 0.25) is 0 Å². The monoisotopic (exact) mass is 254 g/mol. The SMILES string of the molecule is O=C([O-])[O-].[Hf].[Li+].[Li+]. The topological polar surface area (TPSA) is 63.2 Å². The second kappa shape index (κ2) is 15.7. The van der Waals surface area contributed by atoms with E-state index >= 15 is 0 Å². The zero-order chi connectivity index (χ0) is 3.58. The Bertz CT molecular complexity index is 35.9. The summed E-state index contributed by atoms with van der Waals surface area (Å²) in [4.78, 5) is 8.33. The summed E-state index contributed by atoms with van der Waals surface area (Å²) in [6.07, 6.45) is -2.33. The standard InChI is InChI=1S/CH2O3.Hf.2Li/c2-1(3)4;;;/h(H2,2,3,4);;;/q;;2*+1/p-2. The summed E-state index contributed by atoms with van der Waals surface area (Å²) in [5.41, 5.74) is 0. The zero-order valence-corrected chi connectivity index (χ0v) is 7.82. The molecule has 6 heteroatoms. The third kappa shape index (κ3) is 117. The number of hydrogen-bond acceptors (Lipinski definition) is 3. The van der Waals surface area contributed by atoms with Crippen molar-refractivity contribution >= 4 is 6.16 Å². The van der Waals surface area contributed by atoms with E-state index in [-0.39, 0.29) is 63.6 Å². The molecule has 0 aromatic heterocycles. The van der Waals surface area contributed by atoms with Crippen molar-refractivity contribution in [2.75, 3.05) is 0 Å². The predicted molar refractivity (Wildman–Crippen MR) is 5.40 cm³/mol. The van der Waals surface area contributed by atoms with Crippen LogP contribution in [0.15, 0.2) is 0 Å². The van der Waals surface area contributed by atoms with Gasteiger partial charge in [0.15, 0.2) is 0 Å². The minimum atomic E-state index is -2.33. The van der Waals surface area contributed by atoms with Crippen molar-refractivity contribution in [1.29, 1.82) is 0 Å². The fraction of sp³-hybridized carbons (Fsp3) is 0. The van der Waals surface area contributed by atoms with Gasteiger partial charge in [0, 0.05) is 25.8 Å². The molecule has 0 atom stereocenters. The Morgan fingerprint density at radius 3 is 1.14 bits per heavy atom. The molecule has 0 saturated heterocycles. The Hall–Kier alpha value is 1.33. The number of hydrogen-bond donors (Lipinski definition) is 0. The van der Waals surface area contributed by atoms with Gasteiger partial charge in [-0.1, -0.05) is 0 Å². The summed E-state index contributed by atoms with van der Waals surface area (Å²) in [6, 6.07) is 0. The number of rotatable bonds is 0. The van der Waals surface area contributed by atoms with E-state index in [9.17, 15) is 0 Å². The van der Waals surface area contributed by atoms with Crippen LogP contribution in [0.1, 0.15) is 0 Å². The average Bonchev–Trinajstić information content (AvgIpc) is 0.811. The molecule has 0 unspecified atom stereocenters. The van der Waals surface area contributed by atoms with Crippen LogP contribution in [0.2, 0.25) is 0 Å². The maximum Gasteiger partial charge on any atom is 1.00 e. The number of carboxylic acid groups (broad SMARTS) is 2. The van der Waals surface area contributed by atoms with E-state index in [0.717, 1.165) is 0 Å². The molecule has 0 heterocycles. The average molecular weight is 252 g/mol. The fourth-order valence-electron chi connectivity index (χ4n) is 0. The first-order valence-corrected chi connectivity index (χ1v) is 0.612. The van der Waals surface area contributed by atoms with Gasteiger partial charge < -0.3 is 15.0 Å². The number of carbonyl (C=O) groups excluding carboxylic acids is 1. The summed E-state index contributed by atoms with van der Waals surface area (Å²) >= 11 is 0. The van der Waals surface area contributed by atoms with Gasteiger partial charge in [0.1, 0.15) is 0 Å². The van der Waals surface area contributed by atoms with Crippen LogP contribution in [-0.4, -0.2) is 6.16 Å². The van der Waals surface area contributed by atoms with Crippen LogP contribution in [0.25, 0.3) is 0 Å². The maximum atomic E-state index is 8.33. The van der Waals surface area contributed by atoms with Crippen LogP contribution in [0.3, 0.4) is 0 Å². The van der Waals surface area contributed by atoms with Crippen LogP contribution in [0.4, 0.5) is 4.79 Å². The molecule has 0 bridgehead atoms. The molecule has 0 fully saturated rings. The Balaban J connectivity index is -0.0000000150. The summed E-state index contributed by atoms with van der Waals surface area (Å²) < 4.78 is 0. The van der Waals surface area contributed by atoms with Gasteiger partial charge in [0.25, 0.3) is 0 Å². The molecule has 0 aromatic rings. The molecular weight excluding hydrogens is 252 g/mol. The van der Waals surface area contributed by atoms with Gasteiger partial charge >= 0.3 is 37.7 Å². The van der Waals surface area contributed by atoms with E-state index in [1.54, 1.807) is 0 Å². The van der Waals surface area contributed by atoms with E-state index < -0.39 is 6.16 Å². The molecule has 3 nitrogen and oxygen atoms in total. The van der Waals surface area contributed by atoms with Crippen LogP contribution in [0.5, 0.6) is 0 Å².